The number of ether oxygens (including phenoxy) is 3. The van der Waals surface area contributed by atoms with Crippen LogP contribution in [0, 0.1) is 0 Å². The molecular formula is C18H17N3O5. The summed E-state index contributed by atoms with van der Waals surface area (Å²) in [6.45, 7) is -0.204. The molecule has 0 saturated carbocycles. The van der Waals surface area contributed by atoms with Gasteiger partial charge < -0.3 is 24.9 Å². The Morgan fingerprint density at radius 1 is 1.12 bits per heavy atom. The number of hydrogen-bond donors (Lipinski definition) is 2. The number of H-pyrrole nitrogens is 1. The molecule has 0 aliphatic carbocycles. The highest BCUT2D eigenvalue weighted by molar-refractivity contribution is 5.87. The fraction of sp³-hybridized carbons (Fsp3) is 0.167. The molecule has 2 aromatic carbocycles. The van der Waals surface area contributed by atoms with Gasteiger partial charge in [0.15, 0.2) is 6.61 Å². The maximum atomic E-state index is 12.5. The van der Waals surface area contributed by atoms with Gasteiger partial charge in [-0.2, -0.15) is 0 Å². The van der Waals surface area contributed by atoms with Crippen LogP contribution in [0.25, 0.3) is 22.3 Å². The molecule has 0 bridgehead atoms. The number of amides is 1. The van der Waals surface area contributed by atoms with Gasteiger partial charge in [-0.3, -0.25) is 9.59 Å². The molecule has 0 unspecified atom stereocenters. The van der Waals surface area contributed by atoms with E-state index in [4.69, 9.17) is 19.9 Å². The lowest BCUT2D eigenvalue weighted by molar-refractivity contribution is -0.119. The van der Waals surface area contributed by atoms with Gasteiger partial charge in [0.05, 0.1) is 19.7 Å². The molecule has 0 fully saturated rings. The summed E-state index contributed by atoms with van der Waals surface area (Å²) in [6, 6.07) is 10.1. The van der Waals surface area contributed by atoms with Crippen molar-refractivity contribution in [1.29, 1.82) is 0 Å². The van der Waals surface area contributed by atoms with Crippen LogP contribution in [0.3, 0.4) is 0 Å². The van der Waals surface area contributed by atoms with Gasteiger partial charge in [0.2, 0.25) is 0 Å². The van der Waals surface area contributed by atoms with Gasteiger partial charge >= 0.3 is 0 Å². The number of carbonyl (C=O) groups excluding carboxylic acids is 1. The second-order valence-electron chi connectivity index (χ2n) is 5.42. The summed E-state index contributed by atoms with van der Waals surface area (Å²) < 4.78 is 15.7. The van der Waals surface area contributed by atoms with Crippen LogP contribution in [0.2, 0.25) is 0 Å². The zero-order chi connectivity index (χ0) is 18.7. The molecule has 0 aliphatic rings. The Bertz CT molecular complexity index is 1010. The summed E-state index contributed by atoms with van der Waals surface area (Å²) >= 11 is 0. The first kappa shape index (κ1) is 17.3. The largest absolute Gasteiger partial charge is 0.497 e. The van der Waals surface area contributed by atoms with Crippen molar-refractivity contribution in [2.45, 2.75) is 0 Å². The number of aromatic amines is 1. The first-order valence-corrected chi connectivity index (χ1v) is 7.69. The molecule has 0 aliphatic heterocycles. The molecule has 134 valence electrons. The zero-order valence-electron chi connectivity index (χ0n) is 14.2. The number of primary amides is 1. The molecule has 3 aromatic rings. The smallest absolute Gasteiger partial charge is 0.262 e. The first-order valence-electron chi connectivity index (χ1n) is 7.69. The predicted octanol–water partition coefficient (Wildman–Crippen LogP) is 1.47. The summed E-state index contributed by atoms with van der Waals surface area (Å²) in [7, 11) is 3.01. The molecular weight excluding hydrogens is 338 g/mol. The van der Waals surface area contributed by atoms with Crippen molar-refractivity contribution in [2.24, 2.45) is 5.73 Å². The van der Waals surface area contributed by atoms with Gasteiger partial charge in [-0.05, 0) is 24.3 Å². The van der Waals surface area contributed by atoms with E-state index in [1.165, 1.54) is 14.2 Å². The van der Waals surface area contributed by atoms with E-state index in [0.29, 0.717) is 39.5 Å². The average molecular weight is 355 g/mol. The Kier molecular flexibility index (Phi) is 4.74. The number of hydrogen-bond acceptors (Lipinski definition) is 6. The van der Waals surface area contributed by atoms with Gasteiger partial charge in [0.1, 0.15) is 28.5 Å². The fourth-order valence-electron chi connectivity index (χ4n) is 2.49. The number of rotatable bonds is 6. The minimum absolute atomic E-state index is 0.204. The van der Waals surface area contributed by atoms with Crippen LogP contribution in [-0.2, 0) is 4.79 Å². The lowest BCUT2D eigenvalue weighted by Gasteiger charge is -2.09. The lowest BCUT2D eigenvalue weighted by atomic mass is 10.1. The van der Waals surface area contributed by atoms with E-state index >= 15 is 0 Å². The first-order chi connectivity index (χ1) is 12.5. The monoisotopic (exact) mass is 355 g/mol. The van der Waals surface area contributed by atoms with Gasteiger partial charge in [-0.25, -0.2) is 4.98 Å². The van der Waals surface area contributed by atoms with Crippen LogP contribution in [-0.4, -0.2) is 36.7 Å². The summed E-state index contributed by atoms with van der Waals surface area (Å²) in [6.07, 6.45) is 0. The van der Waals surface area contributed by atoms with Crippen LogP contribution < -0.4 is 25.5 Å². The normalized spacial score (nSPS) is 10.5. The van der Waals surface area contributed by atoms with E-state index in [1.807, 2.05) is 0 Å². The number of fused-ring (bicyclic) bond motifs is 1. The number of aromatic nitrogens is 2. The third kappa shape index (κ3) is 3.44. The third-order valence-electron chi connectivity index (χ3n) is 3.71. The van der Waals surface area contributed by atoms with Crippen molar-refractivity contribution in [3.63, 3.8) is 0 Å². The average Bonchev–Trinajstić information content (AvgIpc) is 2.65. The minimum Gasteiger partial charge on any atom is -0.497 e. The van der Waals surface area contributed by atoms with Crippen LogP contribution in [0.5, 0.6) is 17.2 Å². The third-order valence-corrected chi connectivity index (χ3v) is 3.71. The van der Waals surface area contributed by atoms with Crippen LogP contribution >= 0.6 is 0 Å². The number of methoxy groups -OCH3 is 2. The molecule has 26 heavy (non-hydrogen) atoms. The molecule has 3 rings (SSSR count). The molecule has 0 atom stereocenters. The molecule has 0 saturated heterocycles. The van der Waals surface area contributed by atoms with E-state index in [2.05, 4.69) is 9.97 Å². The summed E-state index contributed by atoms with van der Waals surface area (Å²) in [5.74, 6) is 1.24. The maximum absolute atomic E-state index is 12.5. The summed E-state index contributed by atoms with van der Waals surface area (Å²) in [4.78, 5) is 30.5. The number of nitrogens with two attached hydrogens (primary N) is 1. The molecule has 3 N–H and O–H groups in total. The molecule has 0 spiro atoms. The Hall–Kier alpha value is -3.55. The fourth-order valence-corrected chi connectivity index (χ4v) is 2.49. The highest BCUT2D eigenvalue weighted by atomic mass is 16.5. The topological polar surface area (TPSA) is 117 Å². The molecule has 8 heteroatoms. The maximum Gasteiger partial charge on any atom is 0.262 e. The van der Waals surface area contributed by atoms with Gasteiger partial charge in [0.25, 0.3) is 11.5 Å². The van der Waals surface area contributed by atoms with E-state index in [1.54, 1.807) is 36.4 Å². The standard InChI is InChI=1S/C18H17N3O5/c1-24-12-7-13-16(14(8-12)25-2)18(23)21-17(20-13)10-3-5-11(6-4-10)26-9-15(19)22/h3-8H,9H2,1-2H3,(H2,19,22)(H,20,21,23). The van der Waals surface area contributed by atoms with Crippen molar-refractivity contribution >= 4 is 16.8 Å². The highest BCUT2D eigenvalue weighted by Crippen LogP contribution is 2.29. The Morgan fingerprint density at radius 2 is 1.85 bits per heavy atom. The SMILES string of the molecule is COc1cc(OC)c2c(=O)[nH]c(-c3ccc(OCC(N)=O)cc3)nc2c1. The molecule has 1 amide bonds. The highest BCUT2D eigenvalue weighted by Gasteiger charge is 2.13. The Morgan fingerprint density at radius 3 is 2.46 bits per heavy atom. The van der Waals surface area contributed by atoms with Crippen LogP contribution in [0.4, 0.5) is 0 Å². The van der Waals surface area contributed by atoms with E-state index < -0.39 is 5.91 Å². The number of carbonyl (C=O) groups is 1. The summed E-state index contributed by atoms with van der Waals surface area (Å²) in [5.41, 5.74) is 5.85. The van der Waals surface area contributed by atoms with Crippen LogP contribution in [0.15, 0.2) is 41.2 Å². The van der Waals surface area contributed by atoms with Crippen molar-refractivity contribution < 1.29 is 19.0 Å². The summed E-state index contributed by atoms with van der Waals surface area (Å²) in [5, 5.41) is 0.346. The van der Waals surface area contributed by atoms with Crippen molar-refractivity contribution in [1.82, 2.24) is 9.97 Å². The van der Waals surface area contributed by atoms with Crippen molar-refractivity contribution in [2.75, 3.05) is 20.8 Å². The second kappa shape index (κ2) is 7.14. The van der Waals surface area contributed by atoms with Gasteiger partial charge in [-0.15, -0.1) is 0 Å². The molecule has 1 heterocycles. The van der Waals surface area contributed by atoms with Crippen LogP contribution in [0.1, 0.15) is 0 Å². The molecule has 1 aromatic heterocycles. The molecule has 0 radical (unpaired) electrons. The Labute approximate surface area is 148 Å². The predicted molar refractivity (Wildman–Crippen MR) is 95.6 cm³/mol. The van der Waals surface area contributed by atoms with Crippen molar-refractivity contribution in [3.8, 4) is 28.6 Å². The van der Waals surface area contributed by atoms with Crippen molar-refractivity contribution in [3.05, 3.63) is 46.8 Å². The quantitative estimate of drug-likeness (QED) is 0.692. The minimum atomic E-state index is -0.558. The second-order valence-corrected chi connectivity index (χ2v) is 5.42. The Balaban J connectivity index is 2.03. The number of nitrogens with one attached hydrogen (secondary N) is 1. The molecule has 8 nitrogen and oxygen atoms in total. The van der Waals surface area contributed by atoms with E-state index in [-0.39, 0.29) is 12.2 Å². The van der Waals surface area contributed by atoms with Gasteiger partial charge in [0, 0.05) is 17.7 Å². The van der Waals surface area contributed by atoms with Gasteiger partial charge in [-0.1, -0.05) is 0 Å². The zero-order valence-corrected chi connectivity index (χ0v) is 14.2. The lowest BCUT2D eigenvalue weighted by Crippen LogP contribution is -2.19. The number of nitrogens with zero attached hydrogens (tertiary/aromatic N) is 1. The number of benzene rings is 2. The van der Waals surface area contributed by atoms with E-state index in [0.717, 1.165) is 0 Å². The van der Waals surface area contributed by atoms with E-state index in [9.17, 15) is 9.59 Å².